The van der Waals surface area contributed by atoms with Gasteiger partial charge < -0.3 is 0 Å². The summed E-state index contributed by atoms with van der Waals surface area (Å²) in [5, 5.41) is 0. The van der Waals surface area contributed by atoms with Gasteiger partial charge in [-0.2, -0.15) is 0 Å². The van der Waals surface area contributed by atoms with Crippen molar-refractivity contribution in [3.8, 4) is 0 Å². The zero-order valence-corrected chi connectivity index (χ0v) is 14.2. The van der Waals surface area contributed by atoms with Crippen LogP contribution in [0.2, 0.25) is 0 Å². The Morgan fingerprint density at radius 1 is 0.739 bits per heavy atom. The molecule has 0 amide bonds. The van der Waals surface area contributed by atoms with Crippen LogP contribution in [0.1, 0.15) is 33.8 Å². The van der Waals surface area contributed by atoms with Gasteiger partial charge in [0.2, 0.25) is 0 Å². The molecule has 0 aliphatic carbocycles. The van der Waals surface area contributed by atoms with Crippen molar-refractivity contribution < 1.29 is 4.79 Å². The molecule has 23 heavy (non-hydrogen) atoms. The highest BCUT2D eigenvalue weighted by Crippen LogP contribution is 2.29. The van der Waals surface area contributed by atoms with Gasteiger partial charge in [-0.15, -0.1) is 0 Å². The molecule has 0 unspecified atom stereocenters. The van der Waals surface area contributed by atoms with Crippen LogP contribution in [0.3, 0.4) is 0 Å². The molecular formula is C21H17BrO. The standard InChI is InChI=1S/C21H17BrO/c22-19-13-11-18(12-14-19)21(23)15-20(16-7-3-1-4-8-16)17-9-5-2-6-10-17/h1-14,20H,15H2. The fourth-order valence-corrected chi connectivity index (χ4v) is 3.00. The fraction of sp³-hybridized carbons (Fsp3) is 0.0952. The van der Waals surface area contributed by atoms with Gasteiger partial charge >= 0.3 is 0 Å². The van der Waals surface area contributed by atoms with E-state index in [-0.39, 0.29) is 11.7 Å². The number of rotatable bonds is 5. The minimum atomic E-state index is 0.0774. The van der Waals surface area contributed by atoms with E-state index < -0.39 is 0 Å². The molecule has 0 aliphatic heterocycles. The van der Waals surface area contributed by atoms with E-state index in [0.717, 1.165) is 10.0 Å². The van der Waals surface area contributed by atoms with E-state index in [1.165, 1.54) is 11.1 Å². The van der Waals surface area contributed by atoms with Crippen LogP contribution in [-0.2, 0) is 0 Å². The van der Waals surface area contributed by atoms with Crippen molar-refractivity contribution in [3.05, 3.63) is 106 Å². The SMILES string of the molecule is O=C(CC(c1ccccc1)c1ccccc1)c1ccc(Br)cc1. The Bertz CT molecular complexity index is 724. The van der Waals surface area contributed by atoms with Crippen molar-refractivity contribution >= 4 is 21.7 Å². The van der Waals surface area contributed by atoms with Crippen molar-refractivity contribution in [2.24, 2.45) is 0 Å². The number of hydrogen-bond donors (Lipinski definition) is 0. The van der Waals surface area contributed by atoms with Crippen LogP contribution in [0, 0.1) is 0 Å². The third-order valence-electron chi connectivity index (χ3n) is 3.96. The van der Waals surface area contributed by atoms with Gasteiger partial charge in [-0.3, -0.25) is 4.79 Å². The minimum absolute atomic E-state index is 0.0774. The average molecular weight is 365 g/mol. The Hall–Kier alpha value is -2.19. The first kappa shape index (κ1) is 15.7. The Balaban J connectivity index is 1.90. The lowest BCUT2D eigenvalue weighted by Crippen LogP contribution is -2.09. The Kier molecular flexibility index (Phi) is 5.04. The molecular weight excluding hydrogens is 348 g/mol. The number of carbonyl (C=O) groups excluding carboxylic acids is 1. The highest BCUT2D eigenvalue weighted by molar-refractivity contribution is 9.10. The molecule has 0 aliphatic rings. The molecule has 0 bridgehead atoms. The summed E-state index contributed by atoms with van der Waals surface area (Å²) < 4.78 is 0.983. The normalized spacial score (nSPS) is 10.7. The smallest absolute Gasteiger partial charge is 0.163 e. The lowest BCUT2D eigenvalue weighted by molar-refractivity contribution is 0.0977. The number of halogens is 1. The first-order valence-electron chi connectivity index (χ1n) is 7.62. The maximum absolute atomic E-state index is 12.7. The third kappa shape index (κ3) is 3.96. The van der Waals surface area contributed by atoms with E-state index in [4.69, 9.17) is 0 Å². The van der Waals surface area contributed by atoms with Crippen molar-refractivity contribution in [1.82, 2.24) is 0 Å². The highest BCUT2D eigenvalue weighted by atomic mass is 79.9. The van der Waals surface area contributed by atoms with Crippen LogP contribution in [0.4, 0.5) is 0 Å². The average Bonchev–Trinajstić information content (AvgIpc) is 2.61. The number of ketones is 1. The van der Waals surface area contributed by atoms with Gasteiger partial charge in [0.25, 0.3) is 0 Å². The maximum atomic E-state index is 12.7. The number of Topliss-reactive ketones (excluding diaryl/α,β-unsaturated/α-hetero) is 1. The molecule has 1 nitrogen and oxygen atoms in total. The fourth-order valence-electron chi connectivity index (χ4n) is 2.74. The summed E-state index contributed by atoms with van der Waals surface area (Å²) in [5.41, 5.74) is 3.10. The van der Waals surface area contributed by atoms with E-state index in [0.29, 0.717) is 6.42 Å². The second kappa shape index (κ2) is 7.38. The maximum Gasteiger partial charge on any atom is 0.163 e. The molecule has 0 heterocycles. The van der Waals surface area contributed by atoms with Gasteiger partial charge in [-0.05, 0) is 23.3 Å². The van der Waals surface area contributed by atoms with Gasteiger partial charge in [-0.25, -0.2) is 0 Å². The summed E-state index contributed by atoms with van der Waals surface area (Å²) in [6.45, 7) is 0. The lowest BCUT2D eigenvalue weighted by Gasteiger charge is -2.17. The zero-order chi connectivity index (χ0) is 16.1. The second-order valence-electron chi connectivity index (χ2n) is 5.51. The van der Waals surface area contributed by atoms with Crippen molar-refractivity contribution in [3.63, 3.8) is 0 Å². The van der Waals surface area contributed by atoms with E-state index >= 15 is 0 Å². The highest BCUT2D eigenvalue weighted by Gasteiger charge is 2.18. The lowest BCUT2D eigenvalue weighted by atomic mass is 9.86. The van der Waals surface area contributed by atoms with E-state index in [1.54, 1.807) is 0 Å². The molecule has 0 saturated heterocycles. The van der Waals surface area contributed by atoms with Gasteiger partial charge in [0.05, 0.1) is 0 Å². The molecule has 0 aromatic heterocycles. The number of hydrogen-bond acceptors (Lipinski definition) is 1. The van der Waals surface area contributed by atoms with Crippen molar-refractivity contribution in [2.75, 3.05) is 0 Å². The van der Waals surface area contributed by atoms with Crippen LogP contribution in [0.15, 0.2) is 89.4 Å². The molecule has 0 fully saturated rings. The summed E-state index contributed by atoms with van der Waals surface area (Å²) >= 11 is 3.41. The molecule has 0 saturated carbocycles. The number of benzene rings is 3. The molecule has 3 aromatic rings. The van der Waals surface area contributed by atoms with Crippen LogP contribution in [0.25, 0.3) is 0 Å². The molecule has 3 aromatic carbocycles. The van der Waals surface area contributed by atoms with Crippen LogP contribution in [-0.4, -0.2) is 5.78 Å². The quantitative estimate of drug-likeness (QED) is 0.518. The summed E-state index contributed by atoms with van der Waals surface area (Å²) in [6, 6.07) is 28.0. The summed E-state index contributed by atoms with van der Waals surface area (Å²) in [6.07, 6.45) is 0.468. The van der Waals surface area contributed by atoms with E-state index in [9.17, 15) is 4.79 Å². The van der Waals surface area contributed by atoms with Crippen LogP contribution < -0.4 is 0 Å². The molecule has 2 heteroatoms. The molecule has 3 rings (SSSR count). The topological polar surface area (TPSA) is 17.1 Å². The predicted octanol–water partition coefficient (Wildman–Crippen LogP) is 5.85. The van der Waals surface area contributed by atoms with Crippen LogP contribution >= 0.6 is 15.9 Å². The second-order valence-corrected chi connectivity index (χ2v) is 6.42. The minimum Gasteiger partial charge on any atom is -0.294 e. The molecule has 0 atom stereocenters. The summed E-state index contributed by atoms with van der Waals surface area (Å²) in [7, 11) is 0. The van der Waals surface area contributed by atoms with Gasteiger partial charge in [0.1, 0.15) is 0 Å². The summed E-state index contributed by atoms with van der Waals surface area (Å²) in [5.74, 6) is 0.240. The van der Waals surface area contributed by atoms with Gasteiger partial charge in [0.15, 0.2) is 5.78 Å². The Morgan fingerprint density at radius 3 is 1.70 bits per heavy atom. The number of carbonyl (C=O) groups is 1. The van der Waals surface area contributed by atoms with E-state index in [1.807, 2.05) is 60.7 Å². The Labute approximate surface area is 145 Å². The first-order valence-corrected chi connectivity index (χ1v) is 8.42. The van der Waals surface area contributed by atoms with Crippen molar-refractivity contribution in [1.29, 1.82) is 0 Å². The molecule has 0 N–H and O–H groups in total. The van der Waals surface area contributed by atoms with E-state index in [2.05, 4.69) is 40.2 Å². The van der Waals surface area contributed by atoms with Crippen LogP contribution in [0.5, 0.6) is 0 Å². The predicted molar refractivity (Wildman–Crippen MR) is 97.8 cm³/mol. The molecule has 114 valence electrons. The largest absolute Gasteiger partial charge is 0.294 e. The Morgan fingerprint density at radius 2 is 1.22 bits per heavy atom. The van der Waals surface area contributed by atoms with Gasteiger partial charge in [-0.1, -0.05) is 88.7 Å². The molecule has 0 spiro atoms. The monoisotopic (exact) mass is 364 g/mol. The molecule has 0 radical (unpaired) electrons. The zero-order valence-electron chi connectivity index (χ0n) is 12.7. The van der Waals surface area contributed by atoms with Crippen molar-refractivity contribution in [2.45, 2.75) is 12.3 Å². The third-order valence-corrected chi connectivity index (χ3v) is 4.49. The summed E-state index contributed by atoms with van der Waals surface area (Å²) in [4.78, 5) is 12.7. The van der Waals surface area contributed by atoms with Gasteiger partial charge in [0, 0.05) is 22.4 Å². The first-order chi connectivity index (χ1) is 11.2.